The maximum absolute atomic E-state index is 11.6. The molecule has 0 aliphatic carbocycles. The molecule has 1 aromatic rings. The van der Waals surface area contributed by atoms with E-state index in [0.29, 0.717) is 5.92 Å². The van der Waals surface area contributed by atoms with Crippen molar-refractivity contribution in [1.82, 2.24) is 15.1 Å². The van der Waals surface area contributed by atoms with E-state index in [9.17, 15) is 4.79 Å². The van der Waals surface area contributed by atoms with E-state index in [1.165, 1.54) is 5.56 Å². The molecule has 2 rings (SSSR count). The summed E-state index contributed by atoms with van der Waals surface area (Å²) in [6.45, 7) is 7.72. The van der Waals surface area contributed by atoms with Gasteiger partial charge >= 0.3 is 0 Å². The van der Waals surface area contributed by atoms with E-state index < -0.39 is 0 Å². The number of carbonyl (C=O) groups is 1. The van der Waals surface area contributed by atoms with Crippen molar-refractivity contribution in [3.63, 3.8) is 0 Å². The Bertz CT molecular complexity index is 541. The molecule has 1 aromatic heterocycles. The number of aromatic nitrogens is 2. The topological polar surface area (TPSA) is 82.2 Å². The first-order valence-electron chi connectivity index (χ1n) is 8.60. The molecule has 1 saturated heterocycles. The van der Waals surface area contributed by atoms with E-state index in [-0.39, 0.29) is 18.1 Å². The van der Waals surface area contributed by atoms with Crippen molar-refractivity contribution in [3.8, 4) is 0 Å². The number of nitrogens with two attached hydrogens (primary N) is 1. The van der Waals surface area contributed by atoms with Crippen LogP contribution < -0.4 is 11.1 Å². The van der Waals surface area contributed by atoms with Crippen LogP contribution in [-0.2, 0) is 16.6 Å². The number of hydrogen-bond acceptors (Lipinski definition) is 4. The molecule has 0 unspecified atom stereocenters. The van der Waals surface area contributed by atoms with Crippen molar-refractivity contribution in [3.05, 3.63) is 17.0 Å². The third-order valence-electron chi connectivity index (χ3n) is 4.88. The fourth-order valence-electron chi connectivity index (χ4n) is 3.41. The average molecular weight is 322 g/mol. The zero-order chi connectivity index (χ0) is 17.0. The van der Waals surface area contributed by atoms with E-state index in [1.807, 2.05) is 18.7 Å². The molecule has 3 atom stereocenters. The van der Waals surface area contributed by atoms with Crippen LogP contribution >= 0.6 is 0 Å². The van der Waals surface area contributed by atoms with Crippen molar-refractivity contribution >= 4 is 5.91 Å². The normalized spacial score (nSPS) is 22.4. The Morgan fingerprint density at radius 1 is 1.52 bits per heavy atom. The summed E-state index contributed by atoms with van der Waals surface area (Å²) < 4.78 is 7.90. The van der Waals surface area contributed by atoms with Crippen LogP contribution in [0.1, 0.15) is 55.7 Å². The Balaban J connectivity index is 2.03. The molecule has 1 aliphatic rings. The fourth-order valence-corrected chi connectivity index (χ4v) is 3.41. The maximum Gasteiger partial charge on any atom is 0.234 e. The number of aryl methyl sites for hydroxylation is 2. The van der Waals surface area contributed by atoms with Gasteiger partial charge < -0.3 is 15.8 Å². The third kappa shape index (κ3) is 4.12. The number of ether oxygens (including phenoxy) is 1. The van der Waals surface area contributed by atoms with E-state index >= 15 is 0 Å². The summed E-state index contributed by atoms with van der Waals surface area (Å²) in [7, 11) is 1.96. The minimum Gasteiger partial charge on any atom is -0.373 e. The molecule has 1 fully saturated rings. The van der Waals surface area contributed by atoms with Crippen molar-refractivity contribution in [1.29, 1.82) is 0 Å². The highest BCUT2D eigenvalue weighted by Gasteiger charge is 2.34. The lowest BCUT2D eigenvalue weighted by Crippen LogP contribution is -2.43. The Hall–Kier alpha value is -1.40. The lowest BCUT2D eigenvalue weighted by atomic mass is 9.93. The SMILES string of the molecule is CCCC[C@H](NC[C@@H]1CCO[C@H]1c1c(C)nn(C)c1C)C(N)=O. The van der Waals surface area contributed by atoms with Gasteiger partial charge in [0.25, 0.3) is 0 Å². The van der Waals surface area contributed by atoms with E-state index in [4.69, 9.17) is 10.5 Å². The number of unbranched alkanes of at least 4 members (excludes halogenated alkanes) is 1. The van der Waals surface area contributed by atoms with Crippen molar-refractivity contribution < 1.29 is 9.53 Å². The molecular weight excluding hydrogens is 292 g/mol. The zero-order valence-electron chi connectivity index (χ0n) is 14.8. The van der Waals surface area contributed by atoms with Gasteiger partial charge in [-0.25, -0.2) is 0 Å². The number of hydrogen-bond donors (Lipinski definition) is 2. The van der Waals surface area contributed by atoms with Crippen LogP contribution in [0.25, 0.3) is 0 Å². The van der Waals surface area contributed by atoms with Crippen LogP contribution in [0.4, 0.5) is 0 Å². The molecular formula is C17H30N4O2. The van der Waals surface area contributed by atoms with Crippen LogP contribution in [0.3, 0.4) is 0 Å². The number of nitrogens with one attached hydrogen (secondary N) is 1. The highest BCUT2D eigenvalue weighted by molar-refractivity contribution is 5.79. The van der Waals surface area contributed by atoms with Crippen molar-refractivity contribution in [2.75, 3.05) is 13.2 Å². The molecule has 23 heavy (non-hydrogen) atoms. The van der Waals surface area contributed by atoms with Gasteiger partial charge in [0.15, 0.2) is 0 Å². The first kappa shape index (κ1) is 17.9. The quantitative estimate of drug-likeness (QED) is 0.764. The summed E-state index contributed by atoms with van der Waals surface area (Å²) >= 11 is 0. The Kier molecular flexibility index (Phi) is 6.18. The van der Waals surface area contributed by atoms with Crippen LogP contribution in [0.2, 0.25) is 0 Å². The second-order valence-corrected chi connectivity index (χ2v) is 6.55. The molecule has 0 radical (unpaired) electrons. The van der Waals surface area contributed by atoms with Crippen LogP contribution in [-0.4, -0.2) is 34.9 Å². The molecule has 130 valence electrons. The molecule has 2 heterocycles. The van der Waals surface area contributed by atoms with Crippen LogP contribution in [0.15, 0.2) is 0 Å². The van der Waals surface area contributed by atoms with Gasteiger partial charge in [-0.05, 0) is 26.7 Å². The molecule has 0 saturated carbocycles. The van der Waals surface area contributed by atoms with Gasteiger partial charge in [0, 0.05) is 37.4 Å². The van der Waals surface area contributed by atoms with Crippen LogP contribution in [0, 0.1) is 19.8 Å². The molecule has 6 heteroatoms. The molecule has 6 nitrogen and oxygen atoms in total. The highest BCUT2D eigenvalue weighted by Crippen LogP contribution is 2.37. The first-order chi connectivity index (χ1) is 11.0. The monoisotopic (exact) mass is 322 g/mol. The van der Waals surface area contributed by atoms with Gasteiger partial charge in [0.05, 0.1) is 17.8 Å². The second-order valence-electron chi connectivity index (χ2n) is 6.55. The predicted octanol–water partition coefficient (Wildman–Crippen LogP) is 1.75. The molecule has 3 N–H and O–H groups in total. The van der Waals surface area contributed by atoms with Gasteiger partial charge in [-0.1, -0.05) is 19.8 Å². The van der Waals surface area contributed by atoms with E-state index in [2.05, 4.69) is 24.3 Å². The summed E-state index contributed by atoms with van der Waals surface area (Å²) in [6.07, 6.45) is 3.91. The largest absolute Gasteiger partial charge is 0.373 e. The van der Waals surface area contributed by atoms with E-state index in [0.717, 1.165) is 50.2 Å². The zero-order valence-corrected chi connectivity index (χ0v) is 14.8. The maximum atomic E-state index is 11.6. The molecule has 1 aliphatic heterocycles. The number of primary amides is 1. The molecule has 0 spiro atoms. The average Bonchev–Trinajstić information content (AvgIpc) is 3.04. The lowest BCUT2D eigenvalue weighted by molar-refractivity contribution is -0.120. The Morgan fingerprint density at radius 3 is 2.83 bits per heavy atom. The van der Waals surface area contributed by atoms with Gasteiger partial charge in [-0.15, -0.1) is 0 Å². The molecule has 1 amide bonds. The van der Waals surface area contributed by atoms with Crippen LogP contribution in [0.5, 0.6) is 0 Å². The summed E-state index contributed by atoms with van der Waals surface area (Å²) in [6, 6.07) is -0.243. The minimum absolute atomic E-state index is 0.0518. The summed E-state index contributed by atoms with van der Waals surface area (Å²) in [5, 5.41) is 7.86. The third-order valence-corrected chi connectivity index (χ3v) is 4.88. The smallest absolute Gasteiger partial charge is 0.234 e. The van der Waals surface area contributed by atoms with Gasteiger partial charge in [-0.3, -0.25) is 9.48 Å². The van der Waals surface area contributed by atoms with Crippen molar-refractivity contribution in [2.45, 2.75) is 58.6 Å². The van der Waals surface area contributed by atoms with E-state index in [1.54, 1.807) is 0 Å². The summed E-state index contributed by atoms with van der Waals surface area (Å²) in [5.41, 5.74) is 8.89. The molecule has 0 bridgehead atoms. The standard InChI is InChI=1S/C17H30N4O2/c1-5-6-7-14(17(18)22)19-10-13-8-9-23-16(13)15-11(2)20-21(4)12(15)3/h13-14,16,19H,5-10H2,1-4H3,(H2,18,22)/t13-,14-,16+/m0/s1. The van der Waals surface area contributed by atoms with Gasteiger partial charge in [0.1, 0.15) is 0 Å². The first-order valence-corrected chi connectivity index (χ1v) is 8.60. The molecule has 0 aromatic carbocycles. The van der Waals surface area contributed by atoms with Gasteiger partial charge in [-0.2, -0.15) is 5.10 Å². The number of amides is 1. The minimum atomic E-state index is -0.261. The van der Waals surface area contributed by atoms with Gasteiger partial charge in [0.2, 0.25) is 5.91 Å². The lowest BCUT2D eigenvalue weighted by Gasteiger charge is -2.22. The number of rotatable bonds is 8. The highest BCUT2D eigenvalue weighted by atomic mass is 16.5. The summed E-state index contributed by atoms with van der Waals surface area (Å²) in [4.78, 5) is 11.6. The summed E-state index contributed by atoms with van der Waals surface area (Å²) in [5.74, 6) is 0.0859. The number of nitrogens with zero attached hydrogens (tertiary/aromatic N) is 2. The Morgan fingerprint density at radius 2 is 2.26 bits per heavy atom. The second kappa shape index (κ2) is 7.93. The van der Waals surface area contributed by atoms with Crippen molar-refractivity contribution in [2.24, 2.45) is 18.7 Å². The Labute approximate surface area is 138 Å². The number of carbonyl (C=O) groups excluding carboxylic acids is 1. The predicted molar refractivity (Wildman–Crippen MR) is 90.0 cm³/mol. The fraction of sp³-hybridized carbons (Fsp3) is 0.765.